The van der Waals surface area contributed by atoms with Crippen molar-refractivity contribution in [3.8, 4) is 0 Å². The monoisotopic (exact) mass is 208 g/mol. The number of halogens is 2. The molecule has 0 saturated carbocycles. The van der Waals surface area contributed by atoms with Gasteiger partial charge in [0.1, 0.15) is 0 Å². The zero-order chi connectivity index (χ0) is 9.03. The Morgan fingerprint density at radius 2 is 1.75 bits per heavy atom. The number of rotatable bonds is 3. The van der Waals surface area contributed by atoms with Crippen LogP contribution in [0, 0.1) is 0 Å². The van der Waals surface area contributed by atoms with Crippen molar-refractivity contribution in [3.05, 3.63) is 30.3 Å². The van der Waals surface area contributed by atoms with Crippen LogP contribution < -0.4 is 10.6 Å². The van der Waals surface area contributed by atoms with E-state index in [9.17, 15) is 8.39 Å². The number of anilines is 1. The normalized spacial score (nSPS) is 11.2. The molecule has 0 bridgehead atoms. The van der Waals surface area contributed by atoms with Gasteiger partial charge in [0.25, 0.3) is 0 Å². The summed E-state index contributed by atoms with van der Waals surface area (Å²) in [4.78, 5) is 0. The van der Waals surface area contributed by atoms with Crippen molar-refractivity contribution < 1.29 is 8.39 Å². The van der Waals surface area contributed by atoms with E-state index in [1.807, 2.05) is 0 Å². The third-order valence-corrected chi connectivity index (χ3v) is 1.75. The average Bonchev–Trinajstić information content (AvgIpc) is 2.02. The molecule has 66 valence electrons. The van der Waals surface area contributed by atoms with E-state index >= 15 is 0 Å². The number of benzene rings is 1. The Hall–Kier alpha value is -0.510. The lowest BCUT2D eigenvalue weighted by Crippen LogP contribution is -2.13. The van der Waals surface area contributed by atoms with E-state index in [1.54, 1.807) is 35.5 Å². The molecule has 1 rings (SSSR count). The second-order valence-electron chi connectivity index (χ2n) is 2.07. The Kier molecular flexibility index (Phi) is 3.14. The minimum Gasteiger partial charge on any atom is -0.313 e. The molecule has 0 saturated heterocycles. The predicted molar refractivity (Wildman–Crippen MR) is 49.7 cm³/mol. The van der Waals surface area contributed by atoms with Crippen molar-refractivity contribution in [3.63, 3.8) is 0 Å². The van der Waals surface area contributed by atoms with Crippen molar-refractivity contribution in [1.82, 2.24) is 5.20 Å². The van der Waals surface area contributed by atoms with Gasteiger partial charge in [0, 0.05) is 5.69 Å². The van der Waals surface area contributed by atoms with Gasteiger partial charge in [0.05, 0.1) is 0 Å². The van der Waals surface area contributed by atoms with Gasteiger partial charge in [0.2, 0.25) is 0 Å². The molecule has 0 amide bonds. The molecular weight excluding hydrogens is 201 g/mol. The van der Waals surface area contributed by atoms with Crippen LogP contribution in [0.2, 0.25) is 0 Å². The summed E-state index contributed by atoms with van der Waals surface area (Å²) in [6.45, 7) is -4.36. The fraction of sp³-hybridized carbons (Fsp3) is 0. The number of hydrogen-bond donors (Lipinski definition) is 2. The molecule has 0 fully saturated rings. The highest BCUT2D eigenvalue weighted by Gasteiger charge is 2.10. The summed E-state index contributed by atoms with van der Waals surface area (Å²) in [5, 5.41) is 1.78. The molecule has 1 aromatic carbocycles. The van der Waals surface area contributed by atoms with E-state index < -0.39 is 6.81 Å². The maximum absolute atomic E-state index is 12.2. The molecule has 0 atom stereocenters. The van der Waals surface area contributed by atoms with Gasteiger partial charge in [-0.2, -0.15) is 13.6 Å². The van der Waals surface area contributed by atoms with Crippen LogP contribution in [0.4, 0.5) is 14.1 Å². The Balaban J connectivity index is 2.50. The first-order valence-corrected chi connectivity index (χ1v) is 5.74. The summed E-state index contributed by atoms with van der Waals surface area (Å²) in [7, 11) is 0. The minimum absolute atomic E-state index is 0.571. The summed E-state index contributed by atoms with van der Waals surface area (Å²) in [5.74, 6) is 0. The third-order valence-electron chi connectivity index (χ3n) is 1.10. The summed E-state index contributed by atoms with van der Waals surface area (Å²) in [5.41, 5.74) is 2.90. The standard InChI is InChI=1S/C6H7F2N2PS/c7-11(8,12)10-9-6-4-2-1-3-5-6/h1-5,9H,(H,10,12). The van der Waals surface area contributed by atoms with Gasteiger partial charge in [-0.15, -0.1) is 0 Å². The Morgan fingerprint density at radius 1 is 1.17 bits per heavy atom. The molecule has 0 aliphatic rings. The zero-order valence-corrected chi connectivity index (χ0v) is 7.71. The van der Waals surface area contributed by atoms with E-state index in [0.29, 0.717) is 5.69 Å². The van der Waals surface area contributed by atoms with Crippen molar-refractivity contribution >= 4 is 24.3 Å². The largest absolute Gasteiger partial charge is 0.356 e. The van der Waals surface area contributed by atoms with Crippen LogP contribution >= 0.6 is 6.81 Å². The molecule has 12 heavy (non-hydrogen) atoms. The van der Waals surface area contributed by atoms with Gasteiger partial charge >= 0.3 is 6.81 Å². The second kappa shape index (κ2) is 3.94. The molecule has 0 unspecified atom stereocenters. The molecule has 0 radical (unpaired) electrons. The second-order valence-corrected chi connectivity index (χ2v) is 4.59. The number of hydrazine groups is 1. The third kappa shape index (κ3) is 3.76. The van der Waals surface area contributed by atoms with Crippen molar-refractivity contribution in [1.29, 1.82) is 0 Å². The van der Waals surface area contributed by atoms with Gasteiger partial charge in [0.15, 0.2) is 0 Å². The lowest BCUT2D eigenvalue weighted by molar-refractivity contribution is 0.715. The summed E-state index contributed by atoms with van der Waals surface area (Å²) >= 11 is 3.89. The molecule has 0 aliphatic heterocycles. The summed E-state index contributed by atoms with van der Waals surface area (Å²) < 4.78 is 24.3. The maximum Gasteiger partial charge on any atom is 0.356 e. The molecule has 0 aliphatic carbocycles. The van der Waals surface area contributed by atoms with Crippen LogP contribution in [0.15, 0.2) is 30.3 Å². The first-order chi connectivity index (χ1) is 5.58. The van der Waals surface area contributed by atoms with E-state index in [-0.39, 0.29) is 0 Å². The lowest BCUT2D eigenvalue weighted by Gasteiger charge is -2.07. The van der Waals surface area contributed by atoms with E-state index in [4.69, 9.17) is 0 Å². The average molecular weight is 208 g/mol. The molecule has 0 spiro atoms. The Morgan fingerprint density at radius 3 is 2.25 bits per heavy atom. The number of hydrogen-bond acceptors (Lipinski definition) is 2. The molecule has 2 nitrogen and oxygen atoms in total. The van der Waals surface area contributed by atoms with Gasteiger partial charge in [-0.3, -0.25) is 0 Å². The predicted octanol–water partition coefficient (Wildman–Crippen LogP) is 2.77. The number of para-hydroxylation sites is 1. The van der Waals surface area contributed by atoms with Gasteiger partial charge in [-0.25, -0.2) is 0 Å². The van der Waals surface area contributed by atoms with Crippen LogP contribution in [-0.2, 0) is 11.8 Å². The lowest BCUT2D eigenvalue weighted by atomic mass is 10.3. The summed E-state index contributed by atoms with van der Waals surface area (Å²) in [6.07, 6.45) is 0. The van der Waals surface area contributed by atoms with Crippen molar-refractivity contribution in [2.75, 3.05) is 5.43 Å². The van der Waals surface area contributed by atoms with Crippen molar-refractivity contribution in [2.45, 2.75) is 0 Å². The van der Waals surface area contributed by atoms with E-state index in [1.165, 1.54) is 0 Å². The smallest absolute Gasteiger partial charge is 0.313 e. The highest BCUT2D eigenvalue weighted by molar-refractivity contribution is 8.08. The quantitative estimate of drug-likeness (QED) is 0.590. The molecule has 1 aromatic rings. The van der Waals surface area contributed by atoms with Crippen LogP contribution in [-0.4, -0.2) is 0 Å². The first kappa shape index (κ1) is 9.58. The Bertz CT molecular complexity index is 287. The van der Waals surface area contributed by atoms with Gasteiger partial charge in [-0.05, 0) is 23.9 Å². The molecule has 6 heteroatoms. The highest BCUT2D eigenvalue weighted by Crippen LogP contribution is 2.44. The van der Waals surface area contributed by atoms with Crippen LogP contribution in [0.1, 0.15) is 0 Å². The van der Waals surface area contributed by atoms with Crippen LogP contribution in [0.5, 0.6) is 0 Å². The van der Waals surface area contributed by atoms with E-state index in [2.05, 4.69) is 17.2 Å². The topological polar surface area (TPSA) is 24.1 Å². The van der Waals surface area contributed by atoms with Gasteiger partial charge in [-0.1, -0.05) is 18.2 Å². The van der Waals surface area contributed by atoms with Crippen LogP contribution in [0.3, 0.4) is 0 Å². The van der Waals surface area contributed by atoms with Gasteiger partial charge < -0.3 is 5.43 Å². The molecular formula is C6H7F2N2PS. The maximum atomic E-state index is 12.2. The van der Waals surface area contributed by atoms with Crippen LogP contribution in [0.25, 0.3) is 0 Å². The minimum atomic E-state index is -4.36. The number of nitrogens with one attached hydrogen (secondary N) is 2. The summed E-state index contributed by atoms with van der Waals surface area (Å²) in [6, 6.07) is 8.61. The van der Waals surface area contributed by atoms with E-state index in [0.717, 1.165) is 0 Å². The Labute approximate surface area is 74.3 Å². The molecule has 2 N–H and O–H groups in total. The fourth-order valence-corrected chi connectivity index (χ4v) is 1.05. The fourth-order valence-electron chi connectivity index (χ4n) is 0.651. The van der Waals surface area contributed by atoms with Crippen molar-refractivity contribution in [2.24, 2.45) is 0 Å². The highest BCUT2D eigenvalue weighted by atomic mass is 32.5. The first-order valence-electron chi connectivity index (χ1n) is 3.15. The molecule has 0 aromatic heterocycles. The molecule has 0 heterocycles. The zero-order valence-electron chi connectivity index (χ0n) is 6.00. The SMILES string of the molecule is FP(F)(=S)NNc1ccccc1.